The lowest BCUT2D eigenvalue weighted by molar-refractivity contribution is -0.0399. The van der Waals surface area contributed by atoms with Crippen LogP contribution in [0.15, 0.2) is 48.9 Å². The van der Waals surface area contributed by atoms with Gasteiger partial charge in [-0.15, -0.1) is 0 Å². The van der Waals surface area contributed by atoms with E-state index in [0.29, 0.717) is 17.6 Å². The number of pyridine rings is 2. The Balaban J connectivity index is 1.46. The zero-order valence-corrected chi connectivity index (χ0v) is 15.2. The van der Waals surface area contributed by atoms with E-state index in [4.69, 9.17) is 0 Å². The van der Waals surface area contributed by atoms with Crippen LogP contribution in [0.4, 0.5) is 14.5 Å². The molecular formula is C20H21F2N5O. The number of hydrogen-bond acceptors (Lipinski definition) is 4. The molecule has 2 N–H and O–H groups in total. The first-order valence-electron chi connectivity index (χ1n) is 9.30. The standard InChI is InChI=1S/C20H21F2N5O/c21-20(22)7-4-14(5-8-20)26-19(28)17-13-25-27-10-6-15(11-18(17)27)24-12-16-3-1-2-9-23-16/h1-3,6,9-11,13-14,24H,4-5,7-8,12H2,(H,26,28). The number of carbonyl (C=O) groups excluding carboxylic acids is 1. The average molecular weight is 385 g/mol. The van der Waals surface area contributed by atoms with Crippen LogP contribution < -0.4 is 10.6 Å². The van der Waals surface area contributed by atoms with E-state index in [-0.39, 0.29) is 37.6 Å². The van der Waals surface area contributed by atoms with Gasteiger partial charge in [0.05, 0.1) is 29.5 Å². The van der Waals surface area contributed by atoms with E-state index < -0.39 is 5.92 Å². The molecule has 0 aromatic carbocycles. The van der Waals surface area contributed by atoms with Crippen molar-refractivity contribution in [2.24, 2.45) is 0 Å². The number of alkyl halides is 2. The molecule has 1 aliphatic carbocycles. The van der Waals surface area contributed by atoms with Gasteiger partial charge in [0.1, 0.15) is 0 Å². The molecule has 146 valence electrons. The largest absolute Gasteiger partial charge is 0.379 e. The monoisotopic (exact) mass is 385 g/mol. The normalized spacial score (nSPS) is 16.8. The highest BCUT2D eigenvalue weighted by Crippen LogP contribution is 2.33. The van der Waals surface area contributed by atoms with Crippen molar-refractivity contribution in [1.29, 1.82) is 0 Å². The summed E-state index contributed by atoms with van der Waals surface area (Å²) in [6.45, 7) is 0.558. The molecular weight excluding hydrogens is 364 g/mol. The molecule has 3 aromatic heterocycles. The molecule has 4 rings (SSSR count). The molecule has 6 nitrogen and oxygen atoms in total. The molecule has 28 heavy (non-hydrogen) atoms. The van der Waals surface area contributed by atoms with Crippen LogP contribution in [0.1, 0.15) is 41.7 Å². The maximum atomic E-state index is 13.3. The minimum Gasteiger partial charge on any atom is -0.379 e. The Morgan fingerprint density at radius 3 is 2.82 bits per heavy atom. The van der Waals surface area contributed by atoms with E-state index in [2.05, 4.69) is 20.7 Å². The number of nitrogens with one attached hydrogen (secondary N) is 2. The summed E-state index contributed by atoms with van der Waals surface area (Å²) in [7, 11) is 0. The van der Waals surface area contributed by atoms with E-state index >= 15 is 0 Å². The first-order valence-corrected chi connectivity index (χ1v) is 9.30. The van der Waals surface area contributed by atoms with Crippen molar-refractivity contribution in [3.63, 3.8) is 0 Å². The predicted octanol–water partition coefficient (Wildman–Crippen LogP) is 3.65. The van der Waals surface area contributed by atoms with Crippen molar-refractivity contribution in [1.82, 2.24) is 19.9 Å². The quantitative estimate of drug-likeness (QED) is 0.703. The van der Waals surface area contributed by atoms with Crippen LogP contribution in [0.2, 0.25) is 0 Å². The molecule has 8 heteroatoms. The molecule has 0 spiro atoms. The molecule has 0 saturated heterocycles. The maximum absolute atomic E-state index is 13.3. The number of halogens is 2. The zero-order valence-electron chi connectivity index (χ0n) is 15.2. The lowest BCUT2D eigenvalue weighted by Gasteiger charge is -2.28. The average Bonchev–Trinajstić information content (AvgIpc) is 3.12. The maximum Gasteiger partial charge on any atom is 0.255 e. The van der Waals surface area contributed by atoms with E-state index in [0.717, 1.165) is 11.4 Å². The van der Waals surface area contributed by atoms with Gasteiger partial charge in [0.15, 0.2) is 0 Å². The molecule has 0 radical (unpaired) electrons. The molecule has 0 atom stereocenters. The fourth-order valence-electron chi connectivity index (χ4n) is 3.41. The molecule has 0 unspecified atom stereocenters. The first-order chi connectivity index (χ1) is 13.5. The van der Waals surface area contributed by atoms with E-state index in [1.807, 2.05) is 30.3 Å². The highest BCUT2D eigenvalue weighted by molar-refractivity contribution is 6.01. The number of carbonyl (C=O) groups is 1. The summed E-state index contributed by atoms with van der Waals surface area (Å²) in [5, 5.41) is 10.4. The summed E-state index contributed by atoms with van der Waals surface area (Å²) in [5.74, 6) is -2.90. The number of rotatable bonds is 5. The number of fused-ring (bicyclic) bond motifs is 1. The summed E-state index contributed by atoms with van der Waals surface area (Å²) >= 11 is 0. The smallest absolute Gasteiger partial charge is 0.255 e. The lowest BCUT2D eigenvalue weighted by Crippen LogP contribution is -2.40. The van der Waals surface area contributed by atoms with Crippen LogP contribution in [0, 0.1) is 0 Å². The second-order valence-corrected chi connectivity index (χ2v) is 7.08. The first kappa shape index (κ1) is 18.3. The van der Waals surface area contributed by atoms with Gasteiger partial charge in [-0.25, -0.2) is 13.3 Å². The molecule has 0 bridgehead atoms. The van der Waals surface area contributed by atoms with Crippen molar-refractivity contribution in [3.05, 3.63) is 60.2 Å². The van der Waals surface area contributed by atoms with Crippen LogP contribution >= 0.6 is 0 Å². The van der Waals surface area contributed by atoms with Crippen molar-refractivity contribution in [2.75, 3.05) is 5.32 Å². The third kappa shape index (κ3) is 4.11. The van der Waals surface area contributed by atoms with E-state index in [1.165, 1.54) is 6.20 Å². The Hall–Kier alpha value is -3.03. The minimum absolute atomic E-state index is 0.186. The zero-order chi connectivity index (χ0) is 19.6. The van der Waals surface area contributed by atoms with Gasteiger partial charge in [0.2, 0.25) is 5.92 Å². The number of amides is 1. The van der Waals surface area contributed by atoms with Gasteiger partial charge in [-0.1, -0.05) is 6.07 Å². The number of nitrogens with zero attached hydrogens (tertiary/aromatic N) is 3. The van der Waals surface area contributed by atoms with Crippen molar-refractivity contribution in [2.45, 2.75) is 44.2 Å². The Labute approximate surface area is 161 Å². The van der Waals surface area contributed by atoms with Gasteiger partial charge in [0, 0.05) is 37.0 Å². The van der Waals surface area contributed by atoms with Crippen LogP contribution in [0.3, 0.4) is 0 Å². The summed E-state index contributed by atoms with van der Waals surface area (Å²) < 4.78 is 28.2. The van der Waals surface area contributed by atoms with Crippen LogP contribution in [0.5, 0.6) is 0 Å². The number of anilines is 1. The Kier molecular flexibility index (Phi) is 4.93. The predicted molar refractivity (Wildman–Crippen MR) is 101 cm³/mol. The highest BCUT2D eigenvalue weighted by Gasteiger charge is 2.35. The Morgan fingerprint density at radius 2 is 2.07 bits per heavy atom. The molecule has 1 saturated carbocycles. The van der Waals surface area contributed by atoms with Crippen molar-refractivity contribution in [3.8, 4) is 0 Å². The fraction of sp³-hybridized carbons (Fsp3) is 0.350. The Morgan fingerprint density at radius 1 is 1.25 bits per heavy atom. The lowest BCUT2D eigenvalue weighted by atomic mass is 9.92. The second kappa shape index (κ2) is 7.53. The summed E-state index contributed by atoms with van der Waals surface area (Å²) in [6.07, 6.45) is 5.21. The molecule has 1 amide bonds. The second-order valence-electron chi connectivity index (χ2n) is 7.08. The van der Waals surface area contributed by atoms with Gasteiger partial charge >= 0.3 is 0 Å². The molecule has 0 aliphatic heterocycles. The minimum atomic E-state index is -2.61. The molecule has 1 fully saturated rings. The van der Waals surface area contributed by atoms with Gasteiger partial charge in [-0.2, -0.15) is 5.10 Å². The number of hydrogen-bond donors (Lipinski definition) is 2. The van der Waals surface area contributed by atoms with Gasteiger partial charge in [-0.05, 0) is 37.1 Å². The van der Waals surface area contributed by atoms with Gasteiger partial charge in [-0.3, -0.25) is 9.78 Å². The SMILES string of the molecule is O=C(NC1CCC(F)(F)CC1)c1cnn2ccc(NCc3ccccn3)cc12. The topological polar surface area (TPSA) is 71.3 Å². The Bertz CT molecular complexity index is 963. The number of aromatic nitrogens is 3. The summed E-state index contributed by atoms with van der Waals surface area (Å²) in [5.41, 5.74) is 2.83. The van der Waals surface area contributed by atoms with E-state index in [1.54, 1.807) is 16.9 Å². The third-order valence-electron chi connectivity index (χ3n) is 5.02. The van der Waals surface area contributed by atoms with E-state index in [9.17, 15) is 13.6 Å². The van der Waals surface area contributed by atoms with Gasteiger partial charge < -0.3 is 10.6 Å². The summed E-state index contributed by atoms with van der Waals surface area (Å²) in [4.78, 5) is 16.9. The fourth-order valence-corrected chi connectivity index (χ4v) is 3.41. The van der Waals surface area contributed by atoms with Crippen LogP contribution in [0.25, 0.3) is 5.52 Å². The van der Waals surface area contributed by atoms with Crippen molar-refractivity contribution < 1.29 is 13.6 Å². The van der Waals surface area contributed by atoms with Crippen LogP contribution in [-0.2, 0) is 6.54 Å². The van der Waals surface area contributed by atoms with Crippen molar-refractivity contribution >= 4 is 17.1 Å². The molecule has 1 aliphatic rings. The third-order valence-corrected chi connectivity index (χ3v) is 5.02. The summed E-state index contributed by atoms with van der Waals surface area (Å²) in [6, 6.07) is 9.20. The molecule has 3 heterocycles. The van der Waals surface area contributed by atoms with Crippen LogP contribution in [-0.4, -0.2) is 32.5 Å². The molecule has 3 aromatic rings. The highest BCUT2D eigenvalue weighted by atomic mass is 19.3. The van der Waals surface area contributed by atoms with Gasteiger partial charge in [0.25, 0.3) is 5.91 Å².